The van der Waals surface area contributed by atoms with E-state index >= 15 is 0 Å². The first kappa shape index (κ1) is 14.3. The minimum atomic E-state index is -0.183. The molecule has 0 saturated heterocycles. The van der Waals surface area contributed by atoms with Crippen molar-refractivity contribution in [1.29, 1.82) is 0 Å². The maximum absolute atomic E-state index is 12.9. The molecule has 2 heteroatoms. The van der Waals surface area contributed by atoms with Gasteiger partial charge in [0.05, 0.1) is 0 Å². The lowest BCUT2D eigenvalue weighted by atomic mass is 9.94. The molecule has 2 rings (SSSR count). The van der Waals surface area contributed by atoms with Crippen LogP contribution in [0, 0.1) is 26.6 Å². The van der Waals surface area contributed by atoms with Crippen LogP contribution >= 0.6 is 15.9 Å². The van der Waals surface area contributed by atoms with Gasteiger partial charge in [-0.2, -0.15) is 0 Å². The molecule has 0 aromatic heterocycles. The van der Waals surface area contributed by atoms with Gasteiger partial charge in [0, 0.05) is 4.83 Å². The highest BCUT2D eigenvalue weighted by Crippen LogP contribution is 2.32. The van der Waals surface area contributed by atoms with Gasteiger partial charge >= 0.3 is 0 Å². The predicted octanol–water partition coefficient (Wildman–Crippen LogP) is 5.43. The van der Waals surface area contributed by atoms with Crippen LogP contribution in [0.15, 0.2) is 36.4 Å². The lowest BCUT2D eigenvalue weighted by molar-refractivity contribution is 0.627. The molecule has 0 spiro atoms. The molecule has 0 nitrogen and oxygen atoms in total. The van der Waals surface area contributed by atoms with Gasteiger partial charge in [-0.1, -0.05) is 45.8 Å². The number of hydrogen-bond acceptors (Lipinski definition) is 0. The van der Waals surface area contributed by atoms with E-state index in [4.69, 9.17) is 0 Å². The fourth-order valence-electron chi connectivity index (χ4n) is 2.61. The van der Waals surface area contributed by atoms with Gasteiger partial charge in [0.25, 0.3) is 0 Å². The molecule has 0 amide bonds. The minimum Gasteiger partial charge on any atom is -0.207 e. The Balaban J connectivity index is 2.25. The van der Waals surface area contributed by atoms with Crippen LogP contribution < -0.4 is 0 Å². The molecule has 1 unspecified atom stereocenters. The summed E-state index contributed by atoms with van der Waals surface area (Å²) in [5, 5.41) is 0. The van der Waals surface area contributed by atoms with E-state index in [1.165, 1.54) is 34.4 Å². The molecule has 19 heavy (non-hydrogen) atoms. The Hall–Kier alpha value is -1.15. The third-order valence-corrected chi connectivity index (χ3v) is 4.16. The first-order valence-corrected chi connectivity index (χ1v) is 7.35. The number of alkyl halides is 1. The van der Waals surface area contributed by atoms with E-state index in [1.807, 2.05) is 12.1 Å². The first-order chi connectivity index (χ1) is 8.97. The van der Waals surface area contributed by atoms with Gasteiger partial charge in [-0.3, -0.25) is 0 Å². The molecule has 2 aromatic carbocycles. The van der Waals surface area contributed by atoms with Crippen molar-refractivity contribution in [3.8, 4) is 0 Å². The summed E-state index contributed by atoms with van der Waals surface area (Å²) in [5.74, 6) is -0.183. The lowest BCUT2D eigenvalue weighted by Crippen LogP contribution is -2.01. The molecule has 0 N–H and O–H groups in total. The van der Waals surface area contributed by atoms with Crippen molar-refractivity contribution in [3.05, 3.63) is 70.0 Å². The van der Waals surface area contributed by atoms with Gasteiger partial charge in [0.2, 0.25) is 0 Å². The zero-order chi connectivity index (χ0) is 14.0. The van der Waals surface area contributed by atoms with E-state index < -0.39 is 0 Å². The highest BCUT2D eigenvalue weighted by Gasteiger charge is 2.14. The zero-order valence-electron chi connectivity index (χ0n) is 11.5. The molecule has 0 aliphatic carbocycles. The van der Waals surface area contributed by atoms with Crippen molar-refractivity contribution < 1.29 is 4.39 Å². The van der Waals surface area contributed by atoms with Crippen LogP contribution in [0.4, 0.5) is 4.39 Å². The van der Waals surface area contributed by atoms with Crippen LogP contribution in [0.3, 0.4) is 0 Å². The fraction of sp³-hybridized carbons (Fsp3) is 0.294. The van der Waals surface area contributed by atoms with Crippen molar-refractivity contribution in [1.82, 2.24) is 0 Å². The van der Waals surface area contributed by atoms with Gasteiger partial charge < -0.3 is 0 Å². The molecule has 0 saturated carbocycles. The summed E-state index contributed by atoms with van der Waals surface area (Å²) in [4.78, 5) is 0.263. The summed E-state index contributed by atoms with van der Waals surface area (Å²) < 4.78 is 12.9. The van der Waals surface area contributed by atoms with Crippen molar-refractivity contribution in [2.24, 2.45) is 0 Å². The second-order valence-corrected chi connectivity index (χ2v) is 6.22. The largest absolute Gasteiger partial charge is 0.207 e. The summed E-state index contributed by atoms with van der Waals surface area (Å²) in [6, 6.07) is 11.2. The van der Waals surface area contributed by atoms with Crippen molar-refractivity contribution in [2.45, 2.75) is 32.0 Å². The fourth-order valence-corrected chi connectivity index (χ4v) is 3.71. The number of aryl methyl sites for hydroxylation is 3. The van der Waals surface area contributed by atoms with Crippen molar-refractivity contribution >= 4 is 15.9 Å². The molecule has 1 atom stereocenters. The second kappa shape index (κ2) is 5.87. The van der Waals surface area contributed by atoms with Crippen LogP contribution in [0.5, 0.6) is 0 Å². The number of halogens is 2. The summed E-state index contributed by atoms with van der Waals surface area (Å²) in [7, 11) is 0. The Kier molecular flexibility index (Phi) is 4.41. The zero-order valence-corrected chi connectivity index (χ0v) is 13.1. The number of rotatable bonds is 3. The number of hydrogen-bond donors (Lipinski definition) is 0. The van der Waals surface area contributed by atoms with Gasteiger partial charge in [-0.15, -0.1) is 0 Å². The molecule has 2 aromatic rings. The third kappa shape index (κ3) is 3.44. The maximum Gasteiger partial charge on any atom is 0.123 e. The average molecular weight is 321 g/mol. The Morgan fingerprint density at radius 1 is 1.00 bits per heavy atom. The highest BCUT2D eigenvalue weighted by atomic mass is 79.9. The minimum absolute atomic E-state index is 0.183. The Morgan fingerprint density at radius 3 is 2.05 bits per heavy atom. The van der Waals surface area contributed by atoms with Gasteiger partial charge in [-0.05, 0) is 61.6 Å². The average Bonchev–Trinajstić information content (AvgIpc) is 2.30. The highest BCUT2D eigenvalue weighted by molar-refractivity contribution is 9.09. The van der Waals surface area contributed by atoms with Crippen LogP contribution in [0.1, 0.15) is 32.6 Å². The van der Waals surface area contributed by atoms with Crippen LogP contribution in [0.25, 0.3) is 0 Å². The molecule has 100 valence electrons. The quantitative estimate of drug-likeness (QED) is 0.661. The molecular formula is C17H18BrF. The SMILES string of the molecule is Cc1cc(C)c(C(Br)Cc2ccc(F)cc2)c(C)c1. The van der Waals surface area contributed by atoms with E-state index in [9.17, 15) is 4.39 Å². The van der Waals surface area contributed by atoms with Gasteiger partial charge in [-0.25, -0.2) is 4.39 Å². The molecule has 0 radical (unpaired) electrons. The predicted molar refractivity (Wildman–Crippen MR) is 82.4 cm³/mol. The van der Waals surface area contributed by atoms with E-state index in [1.54, 1.807) is 0 Å². The molecule has 0 heterocycles. The summed E-state index contributed by atoms with van der Waals surface area (Å²) in [6.07, 6.45) is 0.866. The Labute approximate surface area is 122 Å². The van der Waals surface area contributed by atoms with E-state index in [0.29, 0.717) is 0 Å². The lowest BCUT2D eigenvalue weighted by Gasteiger charge is -2.17. The summed E-state index contributed by atoms with van der Waals surface area (Å²) >= 11 is 3.77. The van der Waals surface area contributed by atoms with E-state index in [0.717, 1.165) is 12.0 Å². The topological polar surface area (TPSA) is 0 Å². The third-order valence-electron chi connectivity index (χ3n) is 3.38. The summed E-state index contributed by atoms with van der Waals surface area (Å²) in [6.45, 7) is 6.41. The van der Waals surface area contributed by atoms with Crippen LogP contribution in [-0.2, 0) is 6.42 Å². The Morgan fingerprint density at radius 2 is 1.53 bits per heavy atom. The van der Waals surface area contributed by atoms with E-state index in [-0.39, 0.29) is 10.6 Å². The van der Waals surface area contributed by atoms with Crippen LogP contribution in [0.2, 0.25) is 0 Å². The monoisotopic (exact) mass is 320 g/mol. The smallest absolute Gasteiger partial charge is 0.123 e. The molecule has 0 fully saturated rings. The van der Waals surface area contributed by atoms with Gasteiger partial charge in [0.15, 0.2) is 0 Å². The molecule has 0 bridgehead atoms. The molecule has 0 aliphatic rings. The molecular weight excluding hydrogens is 303 g/mol. The van der Waals surface area contributed by atoms with E-state index in [2.05, 4.69) is 48.8 Å². The van der Waals surface area contributed by atoms with Gasteiger partial charge in [0.1, 0.15) is 5.82 Å². The Bertz CT molecular complexity index is 549. The first-order valence-electron chi connectivity index (χ1n) is 6.43. The standard InChI is InChI=1S/C17H18BrF/c1-11-8-12(2)17(13(3)9-11)16(18)10-14-4-6-15(19)7-5-14/h4-9,16H,10H2,1-3H3. The normalized spacial score (nSPS) is 12.5. The number of benzene rings is 2. The van der Waals surface area contributed by atoms with Crippen LogP contribution in [-0.4, -0.2) is 0 Å². The summed E-state index contributed by atoms with van der Waals surface area (Å²) in [5.41, 5.74) is 6.39. The van der Waals surface area contributed by atoms with Crippen molar-refractivity contribution in [3.63, 3.8) is 0 Å². The molecule has 0 aliphatic heterocycles. The van der Waals surface area contributed by atoms with Crippen molar-refractivity contribution in [2.75, 3.05) is 0 Å². The maximum atomic E-state index is 12.9. The second-order valence-electron chi connectivity index (χ2n) is 5.11.